The highest BCUT2D eigenvalue weighted by Gasteiger charge is 2.15. The first-order valence-corrected chi connectivity index (χ1v) is 10.2. The van der Waals surface area contributed by atoms with Crippen LogP contribution in [0, 0.1) is 6.92 Å². The molecular weight excluding hydrogens is 479 g/mol. The smallest absolute Gasteiger partial charge is 0.191 e. The molecule has 1 saturated carbocycles. The number of aliphatic imine (C=N–C) groups is 1. The molecule has 1 aliphatic carbocycles. The third-order valence-electron chi connectivity index (χ3n) is 5.37. The molecule has 1 aromatic heterocycles. The molecule has 0 bridgehead atoms. The van der Waals surface area contributed by atoms with Gasteiger partial charge in [-0.25, -0.2) is 4.99 Å². The molecule has 0 spiro atoms. The van der Waals surface area contributed by atoms with Crippen molar-refractivity contribution in [1.29, 1.82) is 0 Å². The molecule has 1 heterocycles. The first-order chi connectivity index (χ1) is 13.7. The lowest BCUT2D eigenvalue weighted by Crippen LogP contribution is -2.44. The lowest BCUT2D eigenvalue weighted by molar-refractivity contribution is 0.409. The third kappa shape index (κ3) is 7.17. The van der Waals surface area contributed by atoms with Crippen molar-refractivity contribution >= 4 is 29.9 Å². The highest BCUT2D eigenvalue weighted by atomic mass is 127. The Bertz CT molecular complexity index is 768. The molecule has 2 aromatic rings. The molecule has 0 radical (unpaired) electrons. The van der Waals surface area contributed by atoms with Gasteiger partial charge in [0.05, 0.1) is 7.11 Å². The van der Waals surface area contributed by atoms with E-state index in [0.29, 0.717) is 12.6 Å². The van der Waals surface area contributed by atoms with Crippen molar-refractivity contribution < 1.29 is 4.74 Å². The number of methoxy groups -OCH3 is 1. The van der Waals surface area contributed by atoms with Crippen molar-refractivity contribution in [3.05, 3.63) is 41.5 Å². The van der Waals surface area contributed by atoms with Crippen molar-refractivity contribution in [2.24, 2.45) is 12.0 Å². The van der Waals surface area contributed by atoms with Crippen LogP contribution in [0.5, 0.6) is 5.75 Å². The molecule has 3 rings (SSSR count). The fourth-order valence-electron chi connectivity index (χ4n) is 3.45. The van der Waals surface area contributed by atoms with Gasteiger partial charge in [-0.05, 0) is 43.9 Å². The van der Waals surface area contributed by atoms with E-state index in [4.69, 9.17) is 9.73 Å². The van der Waals surface area contributed by atoms with Crippen LogP contribution in [0.15, 0.2) is 29.3 Å². The van der Waals surface area contributed by atoms with Crippen molar-refractivity contribution in [1.82, 2.24) is 25.4 Å². The quantitative estimate of drug-likeness (QED) is 0.338. The van der Waals surface area contributed by atoms with Crippen LogP contribution in [-0.2, 0) is 20.0 Å². The number of guanidine groups is 1. The number of halogens is 1. The number of ether oxygens (including phenoxy) is 1. The minimum atomic E-state index is 0. The predicted octanol–water partition coefficient (Wildman–Crippen LogP) is 3.36. The van der Waals surface area contributed by atoms with Gasteiger partial charge in [-0.1, -0.05) is 31.4 Å². The van der Waals surface area contributed by atoms with Gasteiger partial charge in [-0.3, -0.25) is 0 Å². The normalized spacial score (nSPS) is 14.9. The zero-order valence-electron chi connectivity index (χ0n) is 17.6. The topological polar surface area (TPSA) is 76.4 Å². The van der Waals surface area contributed by atoms with Crippen molar-refractivity contribution in [2.75, 3.05) is 13.7 Å². The van der Waals surface area contributed by atoms with Crippen LogP contribution in [0.4, 0.5) is 0 Å². The van der Waals surface area contributed by atoms with Crippen LogP contribution < -0.4 is 15.4 Å². The summed E-state index contributed by atoms with van der Waals surface area (Å²) in [6.45, 7) is 3.29. The number of aryl methyl sites for hydroxylation is 1. The Morgan fingerprint density at radius 1 is 1.17 bits per heavy atom. The molecule has 7 nitrogen and oxygen atoms in total. The van der Waals surface area contributed by atoms with Crippen molar-refractivity contribution in [2.45, 2.75) is 58.0 Å². The van der Waals surface area contributed by atoms with Crippen LogP contribution in [0.25, 0.3) is 0 Å². The van der Waals surface area contributed by atoms with Crippen LogP contribution in [0.3, 0.4) is 0 Å². The zero-order valence-corrected chi connectivity index (χ0v) is 20.0. The number of benzene rings is 1. The van der Waals surface area contributed by atoms with Gasteiger partial charge in [0.2, 0.25) is 0 Å². The largest absolute Gasteiger partial charge is 0.497 e. The maximum absolute atomic E-state index is 5.22. The summed E-state index contributed by atoms with van der Waals surface area (Å²) in [6, 6.07) is 8.71. The Labute approximate surface area is 190 Å². The van der Waals surface area contributed by atoms with E-state index in [-0.39, 0.29) is 24.0 Å². The van der Waals surface area contributed by atoms with Gasteiger partial charge in [0.25, 0.3) is 0 Å². The first-order valence-electron chi connectivity index (χ1n) is 10.2. The van der Waals surface area contributed by atoms with E-state index in [1.54, 1.807) is 7.11 Å². The average Bonchev–Trinajstić information content (AvgIpc) is 3.05. The Morgan fingerprint density at radius 2 is 1.90 bits per heavy atom. The minimum absolute atomic E-state index is 0. The first kappa shape index (κ1) is 23.4. The fraction of sp³-hybridized carbons (Fsp3) is 0.571. The Kier molecular flexibility index (Phi) is 9.69. The SMILES string of the molecule is COc1ccc(CCNC(=NCc2nnc(C)n2C)NC2CCCCC2)cc1.I. The molecule has 2 N–H and O–H groups in total. The van der Waals surface area contributed by atoms with Gasteiger partial charge >= 0.3 is 0 Å². The summed E-state index contributed by atoms with van der Waals surface area (Å²) in [6.07, 6.45) is 7.27. The minimum Gasteiger partial charge on any atom is -0.497 e. The molecule has 0 saturated heterocycles. The molecule has 0 unspecified atom stereocenters. The Morgan fingerprint density at radius 3 is 2.52 bits per heavy atom. The van der Waals surface area contributed by atoms with E-state index < -0.39 is 0 Å². The van der Waals surface area contributed by atoms with E-state index in [2.05, 4.69) is 33.0 Å². The maximum atomic E-state index is 5.22. The summed E-state index contributed by atoms with van der Waals surface area (Å²) in [4.78, 5) is 4.77. The summed E-state index contributed by atoms with van der Waals surface area (Å²) in [5.74, 6) is 3.52. The van der Waals surface area contributed by atoms with Crippen LogP contribution in [0.1, 0.15) is 49.3 Å². The molecule has 1 aromatic carbocycles. The lowest BCUT2D eigenvalue weighted by atomic mass is 9.96. The number of hydrogen-bond acceptors (Lipinski definition) is 4. The molecule has 1 aliphatic rings. The van der Waals surface area contributed by atoms with Gasteiger partial charge < -0.3 is 19.9 Å². The molecule has 1 fully saturated rings. The number of hydrogen-bond donors (Lipinski definition) is 2. The summed E-state index contributed by atoms with van der Waals surface area (Å²) in [5.41, 5.74) is 1.27. The number of aromatic nitrogens is 3. The van der Waals surface area contributed by atoms with Gasteiger partial charge in [-0.2, -0.15) is 0 Å². The standard InChI is InChI=1S/C21H32N6O.HI/c1-16-25-26-20(27(16)2)15-23-21(24-18-7-5-4-6-8-18)22-14-13-17-9-11-19(28-3)12-10-17;/h9-12,18H,4-8,13-15H2,1-3H3,(H2,22,23,24);1H. The second-order valence-corrected chi connectivity index (χ2v) is 7.39. The number of nitrogens with one attached hydrogen (secondary N) is 2. The fourth-order valence-corrected chi connectivity index (χ4v) is 3.45. The average molecular weight is 512 g/mol. The number of rotatable bonds is 7. The molecule has 160 valence electrons. The molecule has 0 amide bonds. The van der Waals surface area contributed by atoms with E-state index in [1.165, 1.54) is 37.7 Å². The third-order valence-corrected chi connectivity index (χ3v) is 5.37. The highest BCUT2D eigenvalue weighted by molar-refractivity contribution is 14.0. The highest BCUT2D eigenvalue weighted by Crippen LogP contribution is 2.17. The summed E-state index contributed by atoms with van der Waals surface area (Å²) >= 11 is 0. The Balaban J connectivity index is 0.00000300. The summed E-state index contributed by atoms with van der Waals surface area (Å²) in [5, 5.41) is 15.4. The van der Waals surface area contributed by atoms with E-state index in [0.717, 1.165) is 36.3 Å². The maximum Gasteiger partial charge on any atom is 0.191 e. The van der Waals surface area contributed by atoms with Crippen molar-refractivity contribution in [3.8, 4) is 5.75 Å². The van der Waals surface area contributed by atoms with Gasteiger partial charge in [0.15, 0.2) is 11.8 Å². The molecule has 0 atom stereocenters. The van der Waals surface area contributed by atoms with Gasteiger partial charge in [0.1, 0.15) is 18.1 Å². The van der Waals surface area contributed by atoms with Crippen molar-refractivity contribution in [3.63, 3.8) is 0 Å². The molecule has 8 heteroatoms. The van der Waals surface area contributed by atoms with E-state index in [9.17, 15) is 0 Å². The van der Waals surface area contributed by atoms with Crippen LogP contribution in [-0.4, -0.2) is 40.4 Å². The summed E-state index contributed by atoms with van der Waals surface area (Å²) < 4.78 is 7.21. The van der Waals surface area contributed by atoms with Gasteiger partial charge in [-0.15, -0.1) is 34.2 Å². The van der Waals surface area contributed by atoms with Crippen LogP contribution >= 0.6 is 24.0 Å². The molecular formula is C21H33IN6O. The monoisotopic (exact) mass is 512 g/mol. The summed E-state index contributed by atoms with van der Waals surface area (Å²) in [7, 11) is 3.67. The lowest BCUT2D eigenvalue weighted by Gasteiger charge is -2.25. The Hall–Kier alpha value is -1.84. The van der Waals surface area contributed by atoms with E-state index >= 15 is 0 Å². The number of nitrogens with zero attached hydrogens (tertiary/aromatic N) is 4. The second-order valence-electron chi connectivity index (χ2n) is 7.39. The predicted molar refractivity (Wildman–Crippen MR) is 127 cm³/mol. The van der Waals surface area contributed by atoms with E-state index in [1.807, 2.05) is 30.7 Å². The molecule has 0 aliphatic heterocycles. The van der Waals surface area contributed by atoms with Crippen LogP contribution in [0.2, 0.25) is 0 Å². The zero-order chi connectivity index (χ0) is 19.8. The van der Waals surface area contributed by atoms with Gasteiger partial charge in [0, 0.05) is 19.6 Å². The molecule has 29 heavy (non-hydrogen) atoms. The second kappa shape index (κ2) is 12.0.